The molecule has 0 radical (unpaired) electrons. The lowest BCUT2D eigenvalue weighted by molar-refractivity contribution is -0.164. The molecule has 1 N–H and O–H groups in total. The molecule has 1 heterocycles. The molecule has 3 rings (SSSR count). The highest BCUT2D eigenvalue weighted by atomic mass is 35.5. The van der Waals surface area contributed by atoms with Gasteiger partial charge in [-0.25, -0.2) is 0 Å². The average Bonchev–Trinajstić information content (AvgIpc) is 2.83. The van der Waals surface area contributed by atoms with Crippen LogP contribution in [0.3, 0.4) is 0 Å². The molecule has 0 aromatic carbocycles. The van der Waals surface area contributed by atoms with Crippen LogP contribution in [0.4, 0.5) is 0 Å². The van der Waals surface area contributed by atoms with Crippen LogP contribution in [0.15, 0.2) is 0 Å². The summed E-state index contributed by atoms with van der Waals surface area (Å²) >= 11 is 8.21. The fourth-order valence-corrected chi connectivity index (χ4v) is 8.38. The molecule has 1 saturated heterocycles. The van der Waals surface area contributed by atoms with Gasteiger partial charge in [0.25, 0.3) is 0 Å². The lowest BCUT2D eigenvalue weighted by Gasteiger charge is -2.48. The first-order valence-corrected chi connectivity index (χ1v) is 15.7. The molecular formula is C28H49ClN2O2S. The van der Waals surface area contributed by atoms with Gasteiger partial charge in [0, 0.05) is 47.3 Å². The SMILES string of the molecule is CC(C)OC(O)C1CCC(CC2SCC(CCCCCl)N(CC3CCC(C#N)CC3)C2C)CC1. The van der Waals surface area contributed by atoms with Crippen LogP contribution in [-0.2, 0) is 4.74 Å². The Morgan fingerprint density at radius 1 is 1.06 bits per heavy atom. The van der Waals surface area contributed by atoms with Crippen molar-refractivity contribution in [2.75, 3.05) is 18.2 Å². The molecule has 3 fully saturated rings. The Hall–Kier alpha value is 0.01000. The summed E-state index contributed by atoms with van der Waals surface area (Å²) in [7, 11) is 0. The molecule has 0 bridgehead atoms. The maximum absolute atomic E-state index is 10.4. The summed E-state index contributed by atoms with van der Waals surface area (Å²) in [6.07, 6.45) is 13.7. The molecule has 2 saturated carbocycles. The number of hydrogen-bond donors (Lipinski definition) is 1. The van der Waals surface area contributed by atoms with Crippen LogP contribution in [-0.4, -0.2) is 57.9 Å². The topological polar surface area (TPSA) is 56.5 Å². The van der Waals surface area contributed by atoms with E-state index in [0.717, 1.165) is 49.8 Å². The summed E-state index contributed by atoms with van der Waals surface area (Å²) in [4.78, 5) is 2.87. The van der Waals surface area contributed by atoms with Gasteiger partial charge in [0.1, 0.15) is 0 Å². The third-order valence-electron chi connectivity index (χ3n) is 8.72. The van der Waals surface area contributed by atoms with Crippen LogP contribution in [0, 0.1) is 35.0 Å². The molecule has 0 aromatic heterocycles. The van der Waals surface area contributed by atoms with Crippen LogP contribution in [0.25, 0.3) is 0 Å². The van der Waals surface area contributed by atoms with Gasteiger partial charge in [-0.15, -0.1) is 11.6 Å². The number of rotatable bonds is 11. The zero-order valence-corrected chi connectivity index (χ0v) is 23.4. The van der Waals surface area contributed by atoms with Crippen LogP contribution in [0.2, 0.25) is 0 Å². The zero-order valence-electron chi connectivity index (χ0n) is 21.8. The van der Waals surface area contributed by atoms with Crippen LogP contribution >= 0.6 is 23.4 Å². The number of nitriles is 1. The molecular weight excluding hydrogens is 464 g/mol. The predicted molar refractivity (Wildman–Crippen MR) is 144 cm³/mol. The van der Waals surface area contributed by atoms with Crippen molar-refractivity contribution in [3.8, 4) is 6.07 Å². The van der Waals surface area contributed by atoms with Gasteiger partial charge in [0.2, 0.25) is 0 Å². The van der Waals surface area contributed by atoms with Crippen LogP contribution in [0.5, 0.6) is 0 Å². The third-order valence-corrected chi connectivity index (χ3v) is 10.6. The molecule has 4 nitrogen and oxygen atoms in total. The molecule has 0 aromatic rings. The first kappa shape index (κ1) is 28.6. The Labute approximate surface area is 218 Å². The van der Waals surface area contributed by atoms with Crippen molar-refractivity contribution >= 4 is 23.4 Å². The zero-order chi connectivity index (χ0) is 24.5. The van der Waals surface area contributed by atoms with Crippen LogP contribution < -0.4 is 0 Å². The normalized spacial score (nSPS) is 36.3. The molecule has 3 aliphatic rings. The number of halogens is 1. The van der Waals surface area contributed by atoms with E-state index < -0.39 is 6.29 Å². The Morgan fingerprint density at radius 2 is 1.74 bits per heavy atom. The van der Waals surface area contributed by atoms with E-state index in [2.05, 4.69) is 29.7 Å². The van der Waals surface area contributed by atoms with Crippen molar-refractivity contribution in [2.45, 2.75) is 128 Å². The van der Waals surface area contributed by atoms with E-state index in [0.29, 0.717) is 23.3 Å². The minimum absolute atomic E-state index is 0.0885. The van der Waals surface area contributed by atoms with Gasteiger partial charge in [0.15, 0.2) is 6.29 Å². The summed E-state index contributed by atoms with van der Waals surface area (Å²) in [5.41, 5.74) is 0. The number of nitrogens with zero attached hydrogens (tertiary/aromatic N) is 2. The Morgan fingerprint density at radius 3 is 2.35 bits per heavy atom. The molecule has 4 unspecified atom stereocenters. The lowest BCUT2D eigenvalue weighted by atomic mass is 9.78. The van der Waals surface area contributed by atoms with Gasteiger partial charge in [-0.2, -0.15) is 17.0 Å². The van der Waals surface area contributed by atoms with E-state index in [-0.39, 0.29) is 12.0 Å². The van der Waals surface area contributed by atoms with Gasteiger partial charge in [0.05, 0.1) is 12.2 Å². The number of unbranched alkanes of at least 4 members (excludes halogenated alkanes) is 1. The van der Waals surface area contributed by atoms with Gasteiger partial charge in [-0.05, 0) is 103 Å². The highest BCUT2D eigenvalue weighted by molar-refractivity contribution is 8.00. The second kappa shape index (κ2) is 14.7. The summed E-state index contributed by atoms with van der Waals surface area (Å²) in [6.45, 7) is 7.70. The van der Waals surface area contributed by atoms with E-state index in [4.69, 9.17) is 16.3 Å². The van der Waals surface area contributed by atoms with Crippen molar-refractivity contribution in [3.05, 3.63) is 0 Å². The Bertz CT molecular complexity index is 614. The summed E-state index contributed by atoms with van der Waals surface area (Å²) in [6, 6.07) is 3.78. The van der Waals surface area contributed by atoms with Crippen molar-refractivity contribution in [1.82, 2.24) is 4.90 Å². The second-order valence-electron chi connectivity index (χ2n) is 11.6. The maximum Gasteiger partial charge on any atom is 0.157 e. The molecule has 34 heavy (non-hydrogen) atoms. The van der Waals surface area contributed by atoms with Gasteiger partial charge >= 0.3 is 0 Å². The highest BCUT2D eigenvalue weighted by Gasteiger charge is 2.38. The highest BCUT2D eigenvalue weighted by Crippen LogP contribution is 2.41. The monoisotopic (exact) mass is 512 g/mol. The third kappa shape index (κ3) is 8.55. The molecule has 0 spiro atoms. The fourth-order valence-electron chi connectivity index (χ4n) is 6.52. The van der Waals surface area contributed by atoms with Crippen molar-refractivity contribution in [1.29, 1.82) is 5.26 Å². The fraction of sp³-hybridized carbons (Fsp3) is 0.964. The summed E-state index contributed by atoms with van der Waals surface area (Å²) in [5, 5.41) is 20.4. The Balaban J connectivity index is 1.53. The number of thioether (sulfide) groups is 1. The molecule has 1 aliphatic heterocycles. The maximum atomic E-state index is 10.4. The lowest BCUT2D eigenvalue weighted by Crippen LogP contribution is -2.54. The molecule has 0 amide bonds. The number of alkyl halides is 1. The minimum atomic E-state index is -0.593. The molecule has 4 atom stereocenters. The largest absolute Gasteiger partial charge is 0.368 e. The van der Waals surface area contributed by atoms with E-state index in [1.165, 1.54) is 57.2 Å². The van der Waals surface area contributed by atoms with Gasteiger partial charge in [-0.3, -0.25) is 4.90 Å². The number of ether oxygens (including phenoxy) is 1. The van der Waals surface area contributed by atoms with Crippen molar-refractivity contribution in [3.63, 3.8) is 0 Å². The van der Waals surface area contributed by atoms with Crippen LogP contribution in [0.1, 0.15) is 97.8 Å². The van der Waals surface area contributed by atoms with E-state index in [1.54, 1.807) is 0 Å². The number of aliphatic hydroxyl groups excluding tert-OH is 1. The molecule has 2 aliphatic carbocycles. The molecule has 196 valence electrons. The molecule has 6 heteroatoms. The van der Waals surface area contributed by atoms with E-state index in [1.807, 2.05) is 13.8 Å². The minimum Gasteiger partial charge on any atom is -0.368 e. The summed E-state index contributed by atoms with van der Waals surface area (Å²) in [5.74, 6) is 4.16. The van der Waals surface area contributed by atoms with E-state index in [9.17, 15) is 10.4 Å². The van der Waals surface area contributed by atoms with Gasteiger partial charge < -0.3 is 9.84 Å². The smallest absolute Gasteiger partial charge is 0.157 e. The first-order valence-electron chi connectivity index (χ1n) is 14.1. The van der Waals surface area contributed by atoms with Crippen molar-refractivity contribution < 1.29 is 9.84 Å². The Kier molecular flexibility index (Phi) is 12.3. The van der Waals surface area contributed by atoms with Gasteiger partial charge in [-0.1, -0.05) is 6.42 Å². The van der Waals surface area contributed by atoms with Crippen molar-refractivity contribution in [2.24, 2.45) is 23.7 Å². The number of hydrogen-bond acceptors (Lipinski definition) is 5. The quantitative estimate of drug-likeness (QED) is 0.186. The number of aliphatic hydroxyl groups is 1. The first-order chi connectivity index (χ1) is 16.4. The predicted octanol–water partition coefficient (Wildman–Crippen LogP) is 6.84. The second-order valence-corrected chi connectivity index (χ2v) is 13.2. The average molecular weight is 513 g/mol. The van der Waals surface area contributed by atoms with E-state index >= 15 is 0 Å². The summed E-state index contributed by atoms with van der Waals surface area (Å²) < 4.78 is 5.66. The standard InChI is InChI=1S/C28H49ClN2O2S/c1-20(2)33-28(32)25-13-11-22(12-14-25)16-27-21(3)31(26(19-34-27)6-4-5-15-29)18-24-9-7-23(17-30)8-10-24/h20-28,32H,4-16,18-19H2,1-3H3.